The normalized spacial score (nSPS) is 13.3. The predicted molar refractivity (Wildman–Crippen MR) is 125 cm³/mol. The number of nitrogens with one attached hydrogen (secondary N) is 3. The molecule has 33 heavy (non-hydrogen) atoms. The van der Waals surface area contributed by atoms with Gasteiger partial charge in [0.05, 0.1) is 25.5 Å². The number of amides is 3. The molecule has 2 aromatic heterocycles. The first kappa shape index (κ1) is 22.2. The largest absolute Gasteiger partial charge is 0.378 e. The molecule has 1 aliphatic heterocycles. The Labute approximate surface area is 192 Å². The van der Waals surface area contributed by atoms with Gasteiger partial charge >= 0.3 is 6.03 Å². The molecule has 1 aliphatic rings. The highest BCUT2D eigenvalue weighted by atomic mass is 16.5. The van der Waals surface area contributed by atoms with Gasteiger partial charge in [-0.15, -0.1) is 0 Å². The molecular formula is C24H26N6O3. The quantitative estimate of drug-likeness (QED) is 0.515. The SMILES string of the molecule is O=C(NCc1ccnc(N2CCOCC2)c1)Nc1cccc(C(=O)NCc2ccccn2)c1. The Balaban J connectivity index is 1.28. The van der Waals surface area contributed by atoms with Crippen molar-refractivity contribution in [2.75, 3.05) is 36.5 Å². The zero-order valence-corrected chi connectivity index (χ0v) is 18.2. The van der Waals surface area contributed by atoms with Crippen molar-refractivity contribution in [1.29, 1.82) is 0 Å². The highest BCUT2D eigenvalue weighted by Gasteiger charge is 2.13. The minimum atomic E-state index is -0.356. The van der Waals surface area contributed by atoms with E-state index in [4.69, 9.17) is 4.74 Å². The van der Waals surface area contributed by atoms with E-state index in [1.165, 1.54) is 0 Å². The van der Waals surface area contributed by atoms with Gasteiger partial charge in [-0.05, 0) is 48.0 Å². The number of nitrogens with zero attached hydrogens (tertiary/aromatic N) is 3. The van der Waals surface area contributed by atoms with E-state index in [0.29, 0.717) is 37.6 Å². The number of hydrogen-bond donors (Lipinski definition) is 3. The van der Waals surface area contributed by atoms with Gasteiger partial charge in [0.1, 0.15) is 5.82 Å². The molecule has 0 bridgehead atoms. The summed E-state index contributed by atoms with van der Waals surface area (Å²) in [5, 5.41) is 8.44. The highest BCUT2D eigenvalue weighted by Crippen LogP contribution is 2.15. The third-order valence-electron chi connectivity index (χ3n) is 5.14. The molecule has 3 heterocycles. The van der Waals surface area contributed by atoms with Gasteiger partial charge in [0, 0.05) is 43.3 Å². The molecule has 3 amide bonds. The first-order chi connectivity index (χ1) is 16.2. The molecule has 0 spiro atoms. The predicted octanol–water partition coefficient (Wildman–Crippen LogP) is 2.56. The number of urea groups is 1. The first-order valence-electron chi connectivity index (χ1n) is 10.8. The van der Waals surface area contributed by atoms with Crippen molar-refractivity contribution >= 4 is 23.4 Å². The molecule has 4 rings (SSSR count). The van der Waals surface area contributed by atoms with Crippen LogP contribution in [0.4, 0.5) is 16.3 Å². The molecule has 0 aliphatic carbocycles. The highest BCUT2D eigenvalue weighted by molar-refractivity contribution is 5.96. The van der Waals surface area contributed by atoms with Crippen LogP contribution in [0.3, 0.4) is 0 Å². The topological polar surface area (TPSA) is 108 Å². The van der Waals surface area contributed by atoms with Crippen LogP contribution in [0, 0.1) is 0 Å². The van der Waals surface area contributed by atoms with Crippen LogP contribution in [0.1, 0.15) is 21.6 Å². The lowest BCUT2D eigenvalue weighted by molar-refractivity contribution is 0.0950. The molecule has 0 saturated carbocycles. The second-order valence-electron chi connectivity index (χ2n) is 7.51. The maximum atomic E-state index is 12.4. The average molecular weight is 447 g/mol. The summed E-state index contributed by atoms with van der Waals surface area (Å²) in [5.41, 5.74) is 2.70. The number of aromatic nitrogens is 2. The van der Waals surface area contributed by atoms with Crippen LogP contribution in [0.5, 0.6) is 0 Å². The zero-order valence-electron chi connectivity index (χ0n) is 18.2. The van der Waals surface area contributed by atoms with Crippen LogP contribution < -0.4 is 20.9 Å². The van der Waals surface area contributed by atoms with Crippen LogP contribution in [0.25, 0.3) is 0 Å². The van der Waals surface area contributed by atoms with Crippen molar-refractivity contribution in [2.45, 2.75) is 13.1 Å². The van der Waals surface area contributed by atoms with Gasteiger partial charge in [0.2, 0.25) is 0 Å². The van der Waals surface area contributed by atoms with E-state index >= 15 is 0 Å². The Morgan fingerprint density at radius 2 is 1.79 bits per heavy atom. The molecule has 170 valence electrons. The Morgan fingerprint density at radius 3 is 2.61 bits per heavy atom. The number of carbonyl (C=O) groups excluding carboxylic acids is 2. The first-order valence-corrected chi connectivity index (χ1v) is 10.8. The standard InChI is InChI=1S/C24H26N6O3/c31-23(27-17-21-5-1-2-8-25-21)19-4-3-6-20(15-19)29-24(32)28-16-18-7-9-26-22(14-18)30-10-12-33-13-11-30/h1-9,14-15H,10-13,16-17H2,(H,27,31)(H2,28,29,32). The number of benzene rings is 1. The van der Waals surface area contributed by atoms with Crippen LogP contribution in [-0.4, -0.2) is 48.2 Å². The number of carbonyl (C=O) groups is 2. The lowest BCUT2D eigenvalue weighted by Crippen LogP contribution is -2.36. The maximum Gasteiger partial charge on any atom is 0.319 e. The number of ether oxygens (including phenoxy) is 1. The molecule has 9 heteroatoms. The van der Waals surface area contributed by atoms with E-state index in [2.05, 4.69) is 30.8 Å². The van der Waals surface area contributed by atoms with E-state index in [1.54, 1.807) is 36.7 Å². The molecule has 1 fully saturated rings. The van der Waals surface area contributed by atoms with Gasteiger partial charge in [-0.1, -0.05) is 12.1 Å². The Kier molecular flexibility index (Phi) is 7.44. The van der Waals surface area contributed by atoms with Crippen molar-refractivity contribution in [3.05, 3.63) is 83.8 Å². The summed E-state index contributed by atoms with van der Waals surface area (Å²) in [7, 11) is 0. The lowest BCUT2D eigenvalue weighted by atomic mass is 10.2. The van der Waals surface area contributed by atoms with Crippen LogP contribution in [0.2, 0.25) is 0 Å². The van der Waals surface area contributed by atoms with Gasteiger partial charge in [-0.25, -0.2) is 9.78 Å². The number of anilines is 2. The molecule has 1 saturated heterocycles. The fourth-order valence-corrected chi connectivity index (χ4v) is 3.41. The second-order valence-corrected chi connectivity index (χ2v) is 7.51. The van der Waals surface area contributed by atoms with E-state index in [0.717, 1.165) is 30.2 Å². The van der Waals surface area contributed by atoms with Gasteiger partial charge in [-0.2, -0.15) is 0 Å². The maximum absolute atomic E-state index is 12.4. The second kappa shape index (κ2) is 11.1. The fraction of sp³-hybridized carbons (Fsp3) is 0.250. The zero-order chi connectivity index (χ0) is 22.9. The summed E-state index contributed by atoms with van der Waals surface area (Å²) in [6.07, 6.45) is 3.42. The molecular weight excluding hydrogens is 420 g/mol. The van der Waals surface area contributed by atoms with Gasteiger partial charge in [0.25, 0.3) is 5.91 Å². The van der Waals surface area contributed by atoms with Crippen molar-refractivity contribution < 1.29 is 14.3 Å². The van der Waals surface area contributed by atoms with Gasteiger partial charge < -0.3 is 25.6 Å². The fourth-order valence-electron chi connectivity index (χ4n) is 3.41. The summed E-state index contributed by atoms with van der Waals surface area (Å²) < 4.78 is 5.38. The van der Waals surface area contributed by atoms with Crippen molar-refractivity contribution in [3.8, 4) is 0 Å². The molecule has 0 unspecified atom stereocenters. The Hall–Kier alpha value is -3.98. The monoisotopic (exact) mass is 446 g/mol. The third-order valence-corrected chi connectivity index (χ3v) is 5.14. The molecule has 1 aromatic carbocycles. The van der Waals surface area contributed by atoms with E-state index < -0.39 is 0 Å². The van der Waals surface area contributed by atoms with Crippen LogP contribution in [0.15, 0.2) is 67.0 Å². The van der Waals surface area contributed by atoms with E-state index in [9.17, 15) is 9.59 Å². The number of morpholine rings is 1. The smallest absolute Gasteiger partial charge is 0.319 e. The van der Waals surface area contributed by atoms with Crippen molar-refractivity contribution in [2.24, 2.45) is 0 Å². The van der Waals surface area contributed by atoms with E-state index in [-0.39, 0.29) is 11.9 Å². The molecule has 9 nitrogen and oxygen atoms in total. The van der Waals surface area contributed by atoms with Crippen LogP contribution in [-0.2, 0) is 17.8 Å². The molecule has 3 aromatic rings. The minimum absolute atomic E-state index is 0.239. The Bertz CT molecular complexity index is 1090. The molecule has 3 N–H and O–H groups in total. The van der Waals surface area contributed by atoms with Gasteiger partial charge in [0.15, 0.2) is 0 Å². The number of rotatable bonds is 7. The van der Waals surface area contributed by atoms with Crippen LogP contribution >= 0.6 is 0 Å². The summed E-state index contributed by atoms with van der Waals surface area (Å²) in [6, 6.07) is 15.8. The summed E-state index contributed by atoms with van der Waals surface area (Å²) in [6.45, 7) is 3.66. The third kappa shape index (κ3) is 6.50. The molecule has 0 atom stereocenters. The number of pyridine rings is 2. The number of hydrogen-bond acceptors (Lipinski definition) is 6. The summed E-state index contributed by atoms with van der Waals surface area (Å²) in [5.74, 6) is 0.638. The van der Waals surface area contributed by atoms with Gasteiger partial charge in [-0.3, -0.25) is 9.78 Å². The summed E-state index contributed by atoms with van der Waals surface area (Å²) in [4.78, 5) is 35.6. The van der Waals surface area contributed by atoms with Crippen molar-refractivity contribution in [3.63, 3.8) is 0 Å². The molecule has 0 radical (unpaired) electrons. The van der Waals surface area contributed by atoms with Crippen molar-refractivity contribution in [1.82, 2.24) is 20.6 Å². The minimum Gasteiger partial charge on any atom is -0.378 e. The van der Waals surface area contributed by atoms with E-state index in [1.807, 2.05) is 30.3 Å². The summed E-state index contributed by atoms with van der Waals surface area (Å²) >= 11 is 0. The lowest BCUT2D eigenvalue weighted by Gasteiger charge is -2.28. The Morgan fingerprint density at radius 1 is 0.909 bits per heavy atom. The average Bonchev–Trinajstić information content (AvgIpc) is 2.87.